The third-order valence-electron chi connectivity index (χ3n) is 7.57. The number of amides is 1. The molecule has 14 nitrogen and oxygen atoms in total. The van der Waals surface area contributed by atoms with Crippen molar-refractivity contribution in [3.8, 4) is 5.82 Å². The van der Waals surface area contributed by atoms with Gasteiger partial charge < -0.3 is 19.5 Å². The number of aromatic nitrogens is 3. The molecular weight excluding hydrogens is 608 g/mol. The number of ether oxygens (including phenoxy) is 1. The van der Waals surface area contributed by atoms with E-state index >= 15 is 0 Å². The first-order valence-electron chi connectivity index (χ1n) is 14.6. The van der Waals surface area contributed by atoms with Gasteiger partial charge >= 0.3 is 16.3 Å². The van der Waals surface area contributed by atoms with Crippen molar-refractivity contribution < 1.29 is 26.4 Å². The Morgan fingerprint density at radius 1 is 0.955 bits per heavy atom. The highest BCUT2D eigenvalue weighted by molar-refractivity contribution is 7.88. The predicted molar refractivity (Wildman–Crippen MR) is 169 cm³/mol. The van der Waals surface area contributed by atoms with Gasteiger partial charge in [-0.25, -0.2) is 27.6 Å². The second kappa shape index (κ2) is 12.5. The maximum atomic E-state index is 12.8. The summed E-state index contributed by atoms with van der Waals surface area (Å²) >= 11 is 0. The Morgan fingerprint density at radius 2 is 1.64 bits per heavy atom. The van der Waals surface area contributed by atoms with Gasteiger partial charge in [0.2, 0.25) is 16.0 Å². The first-order chi connectivity index (χ1) is 20.7. The second-order valence-corrected chi connectivity index (χ2v) is 15.7. The summed E-state index contributed by atoms with van der Waals surface area (Å²) < 4.78 is 61.7. The van der Waals surface area contributed by atoms with Crippen LogP contribution >= 0.6 is 0 Å². The summed E-state index contributed by atoms with van der Waals surface area (Å²) in [6.07, 6.45) is 6.96. The number of rotatable bonds is 8. The van der Waals surface area contributed by atoms with Crippen molar-refractivity contribution in [2.75, 3.05) is 42.7 Å². The molecule has 0 spiro atoms. The molecule has 1 saturated heterocycles. The monoisotopic (exact) mass is 648 g/mol. The zero-order valence-corrected chi connectivity index (χ0v) is 27.0. The largest absolute Gasteiger partial charge is 0.443 e. The lowest BCUT2D eigenvalue weighted by atomic mass is 9.92. The molecule has 1 amide bonds. The minimum absolute atomic E-state index is 0.0444. The number of nitrogens with zero attached hydrogens (tertiary/aromatic N) is 5. The maximum Gasteiger partial charge on any atom is 0.422 e. The molecule has 2 aliphatic rings. The molecule has 2 fully saturated rings. The van der Waals surface area contributed by atoms with E-state index in [0.29, 0.717) is 24.9 Å². The second-order valence-electron chi connectivity index (χ2n) is 12.2. The summed E-state index contributed by atoms with van der Waals surface area (Å²) in [6, 6.07) is 9.95. The molecular formula is C28H40N8O6S2. The van der Waals surface area contributed by atoms with Crippen LogP contribution < -0.4 is 19.7 Å². The van der Waals surface area contributed by atoms with Crippen LogP contribution in [-0.4, -0.2) is 91.9 Å². The molecule has 3 heterocycles. The minimum atomic E-state index is -4.03. The highest BCUT2D eigenvalue weighted by Crippen LogP contribution is 2.31. The van der Waals surface area contributed by atoms with Crippen LogP contribution in [0.15, 0.2) is 42.7 Å². The molecule has 0 atom stereocenters. The van der Waals surface area contributed by atoms with Gasteiger partial charge in [-0.2, -0.15) is 17.7 Å². The maximum absolute atomic E-state index is 12.8. The van der Waals surface area contributed by atoms with E-state index in [1.54, 1.807) is 27.0 Å². The summed E-state index contributed by atoms with van der Waals surface area (Å²) in [5.74, 6) is 1.21. The van der Waals surface area contributed by atoms with Crippen LogP contribution in [0.4, 0.5) is 16.4 Å². The quantitative estimate of drug-likeness (QED) is 0.330. The smallest absolute Gasteiger partial charge is 0.422 e. The zero-order chi connectivity index (χ0) is 31.7. The number of fused-ring (bicyclic) bond motifs is 1. The van der Waals surface area contributed by atoms with Crippen molar-refractivity contribution in [1.29, 1.82) is 0 Å². The van der Waals surface area contributed by atoms with E-state index in [1.807, 2.05) is 45.8 Å². The Morgan fingerprint density at radius 3 is 2.30 bits per heavy atom. The van der Waals surface area contributed by atoms with Crippen LogP contribution in [-0.2, 0) is 25.0 Å². The van der Waals surface area contributed by atoms with Crippen molar-refractivity contribution in [1.82, 2.24) is 28.3 Å². The fourth-order valence-electron chi connectivity index (χ4n) is 5.66. The van der Waals surface area contributed by atoms with Gasteiger partial charge in [0.05, 0.1) is 11.8 Å². The lowest BCUT2D eigenvalue weighted by Gasteiger charge is -2.35. The summed E-state index contributed by atoms with van der Waals surface area (Å²) in [5.41, 5.74) is 1.11. The molecule has 5 rings (SSSR count). The van der Waals surface area contributed by atoms with Crippen molar-refractivity contribution in [3.05, 3.63) is 42.7 Å². The van der Waals surface area contributed by atoms with Gasteiger partial charge in [-0.05, 0) is 70.7 Å². The number of nitrogens with one attached hydrogen (secondary N) is 3. The molecule has 3 N–H and O–H groups in total. The lowest BCUT2D eigenvalue weighted by Crippen LogP contribution is -2.53. The molecule has 0 bridgehead atoms. The molecule has 16 heteroatoms. The SMILES string of the molecule is CC(C)(C)OC(=O)NS(=O)(=O)N1CCN(c2cccc3c2ccn3-c2ccnc(NC3CCC(NS(C)(=O)=O)CC3)n2)CC1. The Bertz CT molecular complexity index is 1700. The van der Waals surface area contributed by atoms with Crippen molar-refractivity contribution in [2.24, 2.45) is 0 Å². The topological polar surface area (TPSA) is 168 Å². The van der Waals surface area contributed by atoms with Crippen molar-refractivity contribution in [3.63, 3.8) is 0 Å². The number of piperazine rings is 1. The highest BCUT2D eigenvalue weighted by atomic mass is 32.2. The van der Waals surface area contributed by atoms with Crippen molar-refractivity contribution >= 4 is 48.9 Å². The fraction of sp³-hybridized carbons (Fsp3) is 0.536. The van der Waals surface area contributed by atoms with Crippen LogP contribution in [0, 0.1) is 0 Å². The summed E-state index contributed by atoms with van der Waals surface area (Å²) in [6.45, 7) is 6.33. The normalized spacial score (nSPS) is 20.4. The molecule has 240 valence electrons. The molecule has 0 radical (unpaired) electrons. The first-order valence-corrected chi connectivity index (χ1v) is 17.9. The van der Waals surface area contributed by atoms with E-state index in [9.17, 15) is 21.6 Å². The van der Waals surface area contributed by atoms with Crippen LogP contribution in [0.1, 0.15) is 46.5 Å². The number of sulfonamides is 1. The van der Waals surface area contributed by atoms with E-state index in [2.05, 4.69) is 19.9 Å². The number of carbonyl (C=O) groups is 1. The molecule has 1 aliphatic heterocycles. The van der Waals surface area contributed by atoms with Gasteiger partial charge in [0.25, 0.3) is 0 Å². The number of anilines is 2. The standard InChI is InChI=1S/C28H40N8O6S2/c1-28(2,3)42-27(37)33-44(40,41)35-18-16-34(17-19-35)23-6-5-7-24-22(23)13-15-36(24)25-12-14-29-26(31-25)30-20-8-10-21(11-9-20)32-43(4,38)39/h5-7,12-15,20-21,32H,8-11,16-19H2,1-4H3,(H,33,37)(H,29,30,31). The van der Waals surface area contributed by atoms with Gasteiger partial charge in [-0.1, -0.05) is 6.07 Å². The van der Waals surface area contributed by atoms with Gasteiger partial charge in [-0.15, -0.1) is 0 Å². The van der Waals surface area contributed by atoms with E-state index in [4.69, 9.17) is 9.72 Å². The third-order valence-corrected chi connectivity index (χ3v) is 9.80. The van der Waals surface area contributed by atoms with Crippen molar-refractivity contribution in [2.45, 2.75) is 64.1 Å². The van der Waals surface area contributed by atoms with E-state index in [1.165, 1.54) is 10.6 Å². The molecule has 3 aromatic rings. The third kappa shape index (κ3) is 7.97. The molecule has 1 aromatic carbocycles. The average molecular weight is 649 g/mol. The Hall–Kier alpha value is -3.47. The summed E-state index contributed by atoms with van der Waals surface area (Å²) in [7, 11) is -7.25. The summed E-state index contributed by atoms with van der Waals surface area (Å²) in [4.78, 5) is 23.4. The Labute approximate surface area is 258 Å². The first kappa shape index (κ1) is 31.9. The predicted octanol–water partition coefficient (Wildman–Crippen LogP) is 2.58. The minimum Gasteiger partial charge on any atom is -0.443 e. The number of benzene rings is 1. The Kier molecular flexibility index (Phi) is 9.07. The van der Waals surface area contributed by atoms with Gasteiger partial charge in [0.1, 0.15) is 11.4 Å². The molecule has 2 aromatic heterocycles. The van der Waals surface area contributed by atoms with Crippen LogP contribution in [0.3, 0.4) is 0 Å². The van der Waals surface area contributed by atoms with Crippen LogP contribution in [0.5, 0.6) is 0 Å². The average Bonchev–Trinajstić information content (AvgIpc) is 3.37. The zero-order valence-electron chi connectivity index (χ0n) is 25.4. The van der Waals surface area contributed by atoms with E-state index < -0.39 is 31.9 Å². The van der Waals surface area contributed by atoms with E-state index in [0.717, 1.165) is 42.3 Å². The molecule has 1 saturated carbocycles. The molecule has 1 aliphatic carbocycles. The summed E-state index contributed by atoms with van der Waals surface area (Å²) in [5, 5.41) is 4.41. The van der Waals surface area contributed by atoms with Crippen LogP contribution in [0.25, 0.3) is 16.7 Å². The lowest BCUT2D eigenvalue weighted by molar-refractivity contribution is 0.0567. The Balaban J connectivity index is 1.24. The number of hydrogen-bond donors (Lipinski definition) is 3. The fourth-order valence-corrected chi connectivity index (χ4v) is 7.53. The molecule has 0 unspecified atom stereocenters. The number of hydrogen-bond acceptors (Lipinski definition) is 10. The van der Waals surface area contributed by atoms with Gasteiger partial charge in [0.15, 0.2) is 0 Å². The van der Waals surface area contributed by atoms with Gasteiger partial charge in [0, 0.05) is 61.7 Å². The van der Waals surface area contributed by atoms with E-state index in [-0.39, 0.29) is 25.2 Å². The molecule has 44 heavy (non-hydrogen) atoms. The van der Waals surface area contributed by atoms with Crippen LogP contribution in [0.2, 0.25) is 0 Å². The number of carbonyl (C=O) groups excluding carboxylic acids is 1. The highest BCUT2D eigenvalue weighted by Gasteiger charge is 2.31. The van der Waals surface area contributed by atoms with Gasteiger partial charge in [-0.3, -0.25) is 0 Å².